The summed E-state index contributed by atoms with van der Waals surface area (Å²) in [6, 6.07) is 18.9. The molecule has 6 heteroatoms. The van der Waals surface area contributed by atoms with Gasteiger partial charge in [-0.05, 0) is 23.8 Å². The summed E-state index contributed by atoms with van der Waals surface area (Å²) in [6.07, 6.45) is 5.02. The van der Waals surface area contributed by atoms with E-state index in [1.165, 1.54) is 5.41 Å². The summed E-state index contributed by atoms with van der Waals surface area (Å²) in [7, 11) is -3.50. The fraction of sp³-hybridized carbons (Fsp3) is 0.0556. The van der Waals surface area contributed by atoms with Crippen LogP contribution in [0.3, 0.4) is 0 Å². The topological polar surface area (TPSA) is 64.0 Å². The Kier molecular flexibility index (Phi) is 4.88. The highest BCUT2D eigenvalue weighted by molar-refractivity contribution is 7.92. The Morgan fingerprint density at radius 3 is 2.38 bits per heavy atom. The van der Waals surface area contributed by atoms with Gasteiger partial charge in [-0.1, -0.05) is 48.5 Å². The van der Waals surface area contributed by atoms with Gasteiger partial charge in [-0.3, -0.25) is 0 Å². The van der Waals surface area contributed by atoms with Gasteiger partial charge in [0.05, 0.1) is 11.9 Å². The van der Waals surface area contributed by atoms with Crippen molar-refractivity contribution < 1.29 is 8.42 Å². The van der Waals surface area contributed by atoms with Crippen LogP contribution in [0.1, 0.15) is 11.1 Å². The standard InChI is InChI=1S/C18H17N3O2S/c22-24(23,12-11-16-7-3-1-4-8-16)20-14-17-13-19-21(15-17)18-9-5-2-6-10-18/h1-13,15,20H,14H2. The summed E-state index contributed by atoms with van der Waals surface area (Å²) in [5, 5.41) is 5.42. The van der Waals surface area contributed by atoms with Crippen molar-refractivity contribution in [1.82, 2.24) is 14.5 Å². The minimum Gasteiger partial charge on any atom is -0.241 e. The number of hydrogen-bond acceptors (Lipinski definition) is 3. The molecular formula is C18H17N3O2S. The second-order valence-corrected chi connectivity index (χ2v) is 6.86. The van der Waals surface area contributed by atoms with Gasteiger partial charge in [0, 0.05) is 23.7 Å². The predicted octanol–water partition coefficient (Wildman–Crippen LogP) is 2.96. The van der Waals surface area contributed by atoms with Gasteiger partial charge in [-0.2, -0.15) is 5.10 Å². The number of para-hydroxylation sites is 1. The lowest BCUT2D eigenvalue weighted by Gasteiger charge is -2.01. The average molecular weight is 339 g/mol. The first kappa shape index (κ1) is 16.2. The quantitative estimate of drug-likeness (QED) is 0.751. The van der Waals surface area contributed by atoms with Gasteiger partial charge >= 0.3 is 0 Å². The molecule has 1 heterocycles. The second-order valence-electron chi connectivity index (χ2n) is 5.21. The van der Waals surface area contributed by atoms with Crippen LogP contribution >= 0.6 is 0 Å². The number of nitrogens with one attached hydrogen (secondary N) is 1. The van der Waals surface area contributed by atoms with Crippen molar-refractivity contribution in [3.05, 3.63) is 89.6 Å². The second kappa shape index (κ2) is 7.25. The van der Waals surface area contributed by atoms with Gasteiger partial charge in [0.25, 0.3) is 0 Å². The lowest BCUT2D eigenvalue weighted by Crippen LogP contribution is -2.20. The van der Waals surface area contributed by atoms with E-state index in [-0.39, 0.29) is 6.54 Å². The Hall–Kier alpha value is -2.70. The molecule has 3 aromatic rings. The van der Waals surface area contributed by atoms with Crippen LogP contribution in [0.2, 0.25) is 0 Å². The summed E-state index contributed by atoms with van der Waals surface area (Å²) < 4.78 is 28.3. The molecule has 0 saturated carbocycles. The van der Waals surface area contributed by atoms with Crippen LogP contribution in [0, 0.1) is 0 Å². The maximum atomic E-state index is 12.0. The highest BCUT2D eigenvalue weighted by Gasteiger charge is 2.07. The van der Waals surface area contributed by atoms with E-state index in [1.54, 1.807) is 23.2 Å². The Bertz CT molecular complexity index is 917. The molecule has 0 aliphatic carbocycles. The minimum absolute atomic E-state index is 0.189. The van der Waals surface area contributed by atoms with Crippen molar-refractivity contribution in [3.8, 4) is 5.69 Å². The van der Waals surface area contributed by atoms with Gasteiger partial charge in [-0.25, -0.2) is 17.8 Å². The number of hydrogen-bond donors (Lipinski definition) is 1. The zero-order valence-electron chi connectivity index (χ0n) is 12.9. The fourth-order valence-electron chi connectivity index (χ4n) is 2.14. The zero-order chi connectivity index (χ0) is 16.8. The highest BCUT2D eigenvalue weighted by atomic mass is 32.2. The van der Waals surface area contributed by atoms with Crippen molar-refractivity contribution in [2.75, 3.05) is 0 Å². The SMILES string of the molecule is O=S(=O)(C=Cc1ccccc1)NCc1cnn(-c2ccccc2)c1. The van der Waals surface area contributed by atoms with Crippen LogP contribution in [-0.4, -0.2) is 18.2 Å². The summed E-state index contributed by atoms with van der Waals surface area (Å²) in [6.45, 7) is 0.189. The molecule has 24 heavy (non-hydrogen) atoms. The monoisotopic (exact) mass is 339 g/mol. The fourth-order valence-corrected chi connectivity index (χ4v) is 2.94. The third-order valence-electron chi connectivity index (χ3n) is 3.37. The Morgan fingerprint density at radius 1 is 1.00 bits per heavy atom. The molecular weight excluding hydrogens is 322 g/mol. The molecule has 0 spiro atoms. The van der Waals surface area contributed by atoms with Crippen molar-refractivity contribution in [1.29, 1.82) is 0 Å². The van der Waals surface area contributed by atoms with E-state index >= 15 is 0 Å². The first-order chi connectivity index (χ1) is 11.6. The van der Waals surface area contributed by atoms with Crippen LogP contribution in [-0.2, 0) is 16.6 Å². The Balaban J connectivity index is 1.63. The van der Waals surface area contributed by atoms with E-state index < -0.39 is 10.0 Å². The number of sulfonamides is 1. The maximum Gasteiger partial charge on any atom is 0.234 e. The van der Waals surface area contributed by atoms with Gasteiger partial charge in [0.1, 0.15) is 0 Å². The van der Waals surface area contributed by atoms with Crippen molar-refractivity contribution >= 4 is 16.1 Å². The predicted molar refractivity (Wildman–Crippen MR) is 94.8 cm³/mol. The molecule has 0 bridgehead atoms. The highest BCUT2D eigenvalue weighted by Crippen LogP contribution is 2.08. The van der Waals surface area contributed by atoms with Crippen LogP contribution < -0.4 is 4.72 Å². The molecule has 0 atom stereocenters. The summed E-state index contributed by atoms with van der Waals surface area (Å²) in [4.78, 5) is 0. The molecule has 0 unspecified atom stereocenters. The molecule has 122 valence electrons. The zero-order valence-corrected chi connectivity index (χ0v) is 13.7. The van der Waals surface area contributed by atoms with E-state index in [9.17, 15) is 8.42 Å². The minimum atomic E-state index is -3.50. The third-order valence-corrected chi connectivity index (χ3v) is 4.41. The van der Waals surface area contributed by atoms with Crippen LogP contribution in [0.4, 0.5) is 0 Å². The Morgan fingerprint density at radius 2 is 1.67 bits per heavy atom. The smallest absolute Gasteiger partial charge is 0.234 e. The normalized spacial score (nSPS) is 11.8. The molecule has 1 N–H and O–H groups in total. The van der Waals surface area contributed by atoms with Crippen molar-refractivity contribution in [3.63, 3.8) is 0 Å². The average Bonchev–Trinajstić information content (AvgIpc) is 3.09. The number of aromatic nitrogens is 2. The maximum absolute atomic E-state index is 12.0. The molecule has 1 aromatic heterocycles. The van der Waals surface area contributed by atoms with Crippen LogP contribution in [0.15, 0.2) is 78.5 Å². The molecule has 0 aliphatic heterocycles. The Labute approximate surface area is 141 Å². The van der Waals surface area contributed by atoms with Gasteiger partial charge in [0.2, 0.25) is 10.0 Å². The molecule has 3 rings (SSSR count). The van der Waals surface area contributed by atoms with Gasteiger partial charge in [-0.15, -0.1) is 0 Å². The number of rotatable bonds is 6. The molecule has 0 fully saturated rings. The molecule has 0 aliphatic rings. The summed E-state index contributed by atoms with van der Waals surface area (Å²) in [5.74, 6) is 0. The molecule has 0 saturated heterocycles. The van der Waals surface area contributed by atoms with Crippen molar-refractivity contribution in [2.24, 2.45) is 0 Å². The summed E-state index contributed by atoms with van der Waals surface area (Å²) in [5.41, 5.74) is 2.55. The lowest BCUT2D eigenvalue weighted by atomic mass is 10.2. The van der Waals surface area contributed by atoms with E-state index in [0.717, 1.165) is 16.8 Å². The van der Waals surface area contributed by atoms with E-state index in [0.29, 0.717) is 0 Å². The first-order valence-electron chi connectivity index (χ1n) is 7.44. The molecule has 0 radical (unpaired) electrons. The molecule has 2 aromatic carbocycles. The van der Waals surface area contributed by atoms with Crippen LogP contribution in [0.5, 0.6) is 0 Å². The molecule has 0 amide bonds. The summed E-state index contributed by atoms with van der Waals surface area (Å²) >= 11 is 0. The number of nitrogens with zero attached hydrogens (tertiary/aromatic N) is 2. The number of benzene rings is 2. The van der Waals surface area contributed by atoms with E-state index in [2.05, 4.69) is 9.82 Å². The van der Waals surface area contributed by atoms with Crippen molar-refractivity contribution in [2.45, 2.75) is 6.54 Å². The first-order valence-corrected chi connectivity index (χ1v) is 8.99. The lowest BCUT2D eigenvalue weighted by molar-refractivity contribution is 0.591. The third kappa shape index (κ3) is 4.41. The van der Waals surface area contributed by atoms with Gasteiger partial charge in [0.15, 0.2) is 0 Å². The van der Waals surface area contributed by atoms with E-state index in [4.69, 9.17) is 0 Å². The van der Waals surface area contributed by atoms with Gasteiger partial charge < -0.3 is 0 Å². The van der Waals surface area contributed by atoms with E-state index in [1.807, 2.05) is 60.7 Å². The van der Waals surface area contributed by atoms with Crippen LogP contribution in [0.25, 0.3) is 11.8 Å². The molecule has 5 nitrogen and oxygen atoms in total. The largest absolute Gasteiger partial charge is 0.241 e.